The molecule has 0 aliphatic carbocycles. The number of hydrogen-bond donors (Lipinski definition) is 2. The zero-order valence-corrected chi connectivity index (χ0v) is 11.4. The largest absolute Gasteiger partial charge is 0.418 e. The van der Waals surface area contributed by atoms with E-state index in [1.165, 1.54) is 24.3 Å². The lowest BCUT2D eigenvalue weighted by Crippen LogP contribution is -2.11. The lowest BCUT2D eigenvalue weighted by atomic mass is 10.2. The molecule has 0 fully saturated rings. The summed E-state index contributed by atoms with van der Waals surface area (Å²) < 4.78 is 62.9. The van der Waals surface area contributed by atoms with E-state index in [-0.39, 0.29) is 4.90 Å². The van der Waals surface area contributed by atoms with E-state index in [9.17, 15) is 21.6 Å². The van der Waals surface area contributed by atoms with Crippen molar-refractivity contribution in [2.45, 2.75) is 16.0 Å². The van der Waals surface area contributed by atoms with E-state index < -0.39 is 32.2 Å². The first-order valence-corrected chi connectivity index (χ1v) is 7.18. The second-order valence-corrected chi connectivity index (χ2v) is 6.27. The highest BCUT2D eigenvalue weighted by atomic mass is 32.2. The molecule has 0 saturated carbocycles. The molecule has 0 amide bonds. The minimum absolute atomic E-state index is 0.144. The van der Waals surface area contributed by atoms with E-state index >= 15 is 0 Å². The van der Waals surface area contributed by atoms with Crippen LogP contribution in [-0.4, -0.2) is 8.42 Å². The number of rotatable bonds is 2. The van der Waals surface area contributed by atoms with Gasteiger partial charge in [-0.25, -0.2) is 8.42 Å². The molecule has 0 spiro atoms. The van der Waals surface area contributed by atoms with Gasteiger partial charge in [0.1, 0.15) is 0 Å². The molecule has 0 heterocycles. The molecule has 0 unspecified atom stereocenters. The molecule has 4 N–H and O–H groups in total. The number of hydrogen-bond acceptors (Lipinski definition) is 4. The molecular formula is C13H11F3N2O2S. The third kappa shape index (κ3) is 2.94. The van der Waals surface area contributed by atoms with E-state index in [2.05, 4.69) is 0 Å². The highest BCUT2D eigenvalue weighted by Gasteiger charge is 2.34. The minimum atomic E-state index is -4.73. The van der Waals surface area contributed by atoms with Crippen LogP contribution < -0.4 is 11.5 Å². The first kappa shape index (κ1) is 15.2. The maximum Gasteiger partial charge on any atom is 0.418 e. The van der Waals surface area contributed by atoms with Crippen molar-refractivity contribution in [2.75, 3.05) is 11.5 Å². The lowest BCUT2D eigenvalue weighted by Gasteiger charge is -2.12. The van der Waals surface area contributed by atoms with Gasteiger partial charge in [0.2, 0.25) is 9.84 Å². The molecule has 0 saturated heterocycles. The zero-order chi connectivity index (χ0) is 15.8. The van der Waals surface area contributed by atoms with Gasteiger partial charge in [0.25, 0.3) is 0 Å². The Morgan fingerprint density at radius 3 is 1.90 bits per heavy atom. The highest BCUT2D eigenvalue weighted by Crippen LogP contribution is 2.35. The molecule has 0 radical (unpaired) electrons. The minimum Gasteiger partial charge on any atom is -0.399 e. The lowest BCUT2D eigenvalue weighted by molar-refractivity contribution is -0.137. The summed E-state index contributed by atoms with van der Waals surface area (Å²) in [6.07, 6.45) is -4.73. The first-order valence-electron chi connectivity index (χ1n) is 5.70. The van der Waals surface area contributed by atoms with Crippen molar-refractivity contribution in [3.8, 4) is 0 Å². The van der Waals surface area contributed by atoms with Crippen molar-refractivity contribution < 1.29 is 21.6 Å². The Bertz CT molecular complexity index is 769. The van der Waals surface area contributed by atoms with E-state index in [4.69, 9.17) is 11.5 Å². The van der Waals surface area contributed by atoms with E-state index in [1.54, 1.807) is 0 Å². The molecule has 4 nitrogen and oxygen atoms in total. The molecule has 112 valence electrons. The standard InChI is InChI=1S/C13H11F3N2O2S/c14-13(15,16)11-7-10(5-6-12(11)18)21(19,20)9-3-1-8(17)2-4-9/h1-7H,17-18H2. The number of nitrogen functional groups attached to an aromatic ring is 2. The van der Waals surface area contributed by atoms with E-state index in [0.29, 0.717) is 11.8 Å². The van der Waals surface area contributed by atoms with Crippen molar-refractivity contribution >= 4 is 21.2 Å². The Balaban J connectivity index is 2.58. The predicted molar refractivity (Wildman–Crippen MR) is 72.2 cm³/mol. The van der Waals surface area contributed by atoms with Gasteiger partial charge in [-0.2, -0.15) is 13.2 Å². The topological polar surface area (TPSA) is 86.2 Å². The molecule has 0 atom stereocenters. The average Bonchev–Trinajstić information content (AvgIpc) is 2.38. The molecule has 21 heavy (non-hydrogen) atoms. The van der Waals surface area contributed by atoms with Crippen LogP contribution in [0.4, 0.5) is 24.5 Å². The van der Waals surface area contributed by atoms with Gasteiger partial charge < -0.3 is 11.5 Å². The molecule has 2 rings (SSSR count). The second kappa shape index (κ2) is 4.96. The maximum atomic E-state index is 12.8. The van der Waals surface area contributed by atoms with Crippen molar-refractivity contribution in [2.24, 2.45) is 0 Å². The molecule has 0 aliphatic rings. The van der Waals surface area contributed by atoms with Gasteiger partial charge >= 0.3 is 6.18 Å². The SMILES string of the molecule is Nc1ccc(S(=O)(=O)c2ccc(N)c(C(F)(F)F)c2)cc1. The molecule has 0 aliphatic heterocycles. The molecule has 8 heteroatoms. The van der Waals surface area contributed by atoms with E-state index in [1.807, 2.05) is 0 Å². The van der Waals surface area contributed by atoms with Crippen LogP contribution in [0.5, 0.6) is 0 Å². The molecule has 0 bridgehead atoms. The van der Waals surface area contributed by atoms with Gasteiger partial charge in [0, 0.05) is 11.4 Å². The number of sulfone groups is 1. The maximum absolute atomic E-state index is 12.8. The Kier molecular flexibility index (Phi) is 3.58. The van der Waals surface area contributed by atoms with E-state index in [0.717, 1.165) is 12.1 Å². The highest BCUT2D eigenvalue weighted by molar-refractivity contribution is 7.91. The second-order valence-electron chi connectivity index (χ2n) is 4.32. The van der Waals surface area contributed by atoms with Crippen molar-refractivity contribution in [1.29, 1.82) is 0 Å². The van der Waals surface area contributed by atoms with Crippen molar-refractivity contribution in [3.63, 3.8) is 0 Å². The summed E-state index contributed by atoms with van der Waals surface area (Å²) in [5.74, 6) is 0. The van der Waals surface area contributed by atoms with Crippen LogP contribution >= 0.6 is 0 Å². The summed E-state index contributed by atoms with van der Waals surface area (Å²) in [4.78, 5) is -0.622. The Morgan fingerprint density at radius 1 is 0.857 bits per heavy atom. The van der Waals surface area contributed by atoms with Gasteiger partial charge in [0.05, 0.1) is 15.4 Å². The number of anilines is 2. The fraction of sp³-hybridized carbons (Fsp3) is 0.0769. The summed E-state index contributed by atoms with van der Waals surface area (Å²) in [6.45, 7) is 0. The molecule has 0 aromatic heterocycles. The van der Waals surface area contributed by atoms with Crippen LogP contribution in [0.25, 0.3) is 0 Å². The van der Waals surface area contributed by atoms with Gasteiger partial charge in [-0.15, -0.1) is 0 Å². The van der Waals surface area contributed by atoms with Gasteiger partial charge in [-0.05, 0) is 42.5 Å². The number of halogens is 3. The normalized spacial score (nSPS) is 12.3. The smallest absolute Gasteiger partial charge is 0.399 e. The van der Waals surface area contributed by atoms with Crippen molar-refractivity contribution in [1.82, 2.24) is 0 Å². The van der Waals surface area contributed by atoms with Gasteiger partial charge in [-0.3, -0.25) is 0 Å². The average molecular weight is 316 g/mol. The molecule has 2 aromatic rings. The Morgan fingerprint density at radius 2 is 1.38 bits per heavy atom. The number of alkyl halides is 3. The van der Waals surface area contributed by atoms with Crippen LogP contribution in [0.2, 0.25) is 0 Å². The van der Waals surface area contributed by atoms with Crippen molar-refractivity contribution in [3.05, 3.63) is 48.0 Å². The monoisotopic (exact) mass is 316 g/mol. The van der Waals surface area contributed by atoms with Crippen LogP contribution in [0.3, 0.4) is 0 Å². The van der Waals surface area contributed by atoms with Gasteiger partial charge in [-0.1, -0.05) is 0 Å². The van der Waals surface area contributed by atoms with Gasteiger partial charge in [0.15, 0.2) is 0 Å². The molecular weight excluding hydrogens is 305 g/mol. The fourth-order valence-corrected chi connectivity index (χ4v) is 3.02. The molecule has 2 aromatic carbocycles. The Hall–Kier alpha value is -2.22. The zero-order valence-electron chi connectivity index (χ0n) is 10.6. The third-order valence-electron chi connectivity index (χ3n) is 2.83. The summed E-state index contributed by atoms with van der Waals surface area (Å²) in [6, 6.07) is 7.66. The number of nitrogens with two attached hydrogens (primary N) is 2. The summed E-state index contributed by atoms with van der Waals surface area (Å²) in [7, 11) is -4.07. The van der Waals surface area contributed by atoms with Crippen LogP contribution in [-0.2, 0) is 16.0 Å². The van der Waals surface area contributed by atoms with Crippen LogP contribution in [0, 0.1) is 0 Å². The predicted octanol–water partition coefficient (Wildman–Crippen LogP) is 2.70. The Labute approximate surface area is 119 Å². The third-order valence-corrected chi connectivity index (χ3v) is 4.60. The summed E-state index contributed by atoms with van der Waals surface area (Å²) >= 11 is 0. The quantitative estimate of drug-likeness (QED) is 0.834. The van der Waals surface area contributed by atoms with Crippen LogP contribution in [0.15, 0.2) is 52.3 Å². The summed E-state index contributed by atoms with van der Waals surface area (Å²) in [5.41, 5.74) is 9.33. The number of benzene rings is 2. The fourth-order valence-electron chi connectivity index (χ4n) is 1.73. The summed E-state index contributed by atoms with van der Waals surface area (Å²) in [5, 5.41) is 0. The first-order chi connectivity index (χ1) is 9.62. The van der Waals surface area contributed by atoms with Crippen LogP contribution in [0.1, 0.15) is 5.56 Å².